The van der Waals surface area contributed by atoms with Crippen molar-refractivity contribution in [2.45, 2.75) is 112 Å². The molecule has 366 valence electrons. The zero-order valence-corrected chi connectivity index (χ0v) is 42.5. The second kappa shape index (κ2) is 21.2. The van der Waals surface area contributed by atoms with Gasteiger partial charge in [-0.1, -0.05) is 51.1 Å². The standard InChI is InChI=1S/C53H60N8O7S2/c1-30-32(3)70-52-46(30)47(57-41(50-59-58-33(4)61(50)52)27-45(65)56-38-13-10-9-11-14-38)36-17-20-40(21-18-36)67-23-12-24-68-44-25-37(48-31(2)54-29-69-48)16-15-35(44)19-22-43(64)42-26-39(63)28-60(42)51(66)49(53(6,7)8)55-34(5)62/h9-11,13-18,20-21,25,29,39,41-42,49,63H,12,19,22-24,26-28H2,1-8H3,(H,55,62)(H,56,65)/t39-,41+,42+,49-/m1/s1. The monoisotopic (exact) mass is 984 g/mol. The number of thiazole rings is 1. The Hall–Kier alpha value is -6.56. The van der Waals surface area contributed by atoms with Crippen LogP contribution in [0.5, 0.6) is 11.5 Å². The molecule has 3 amide bonds. The van der Waals surface area contributed by atoms with Crippen molar-refractivity contribution in [2.24, 2.45) is 10.4 Å². The Morgan fingerprint density at radius 2 is 1.66 bits per heavy atom. The summed E-state index contributed by atoms with van der Waals surface area (Å²) in [5.74, 6) is 1.61. The smallest absolute Gasteiger partial charge is 0.246 e. The van der Waals surface area contributed by atoms with Crippen molar-refractivity contribution in [2.75, 3.05) is 25.1 Å². The molecule has 0 saturated carbocycles. The van der Waals surface area contributed by atoms with Gasteiger partial charge in [-0.05, 0) is 98.7 Å². The average molecular weight is 985 g/mol. The van der Waals surface area contributed by atoms with Gasteiger partial charge < -0.3 is 30.1 Å². The maximum Gasteiger partial charge on any atom is 0.246 e. The number of fused-ring (bicyclic) bond motifs is 3. The van der Waals surface area contributed by atoms with Crippen molar-refractivity contribution in [3.05, 3.63) is 123 Å². The molecule has 0 radical (unpaired) electrons. The van der Waals surface area contributed by atoms with Crippen LogP contribution in [-0.2, 0) is 25.6 Å². The van der Waals surface area contributed by atoms with E-state index in [9.17, 15) is 24.3 Å². The number of Topliss-reactive ketones (excluding diaryl/α,β-unsaturated/α-hetero) is 1. The molecular formula is C53H60N8O7S2. The maximum absolute atomic E-state index is 13.9. The van der Waals surface area contributed by atoms with Crippen molar-refractivity contribution in [3.63, 3.8) is 0 Å². The fraction of sp³-hybridized carbons (Fsp3) is 0.396. The van der Waals surface area contributed by atoms with Crippen LogP contribution in [0.1, 0.15) is 104 Å². The lowest BCUT2D eigenvalue weighted by atomic mass is 9.85. The van der Waals surface area contributed by atoms with Crippen LogP contribution in [0, 0.1) is 33.1 Å². The van der Waals surface area contributed by atoms with Gasteiger partial charge >= 0.3 is 0 Å². The van der Waals surface area contributed by atoms with Gasteiger partial charge in [-0.3, -0.25) is 28.7 Å². The van der Waals surface area contributed by atoms with Gasteiger partial charge in [0.15, 0.2) is 11.6 Å². The second-order valence-corrected chi connectivity index (χ2v) is 21.1. The quantitative estimate of drug-likeness (QED) is 0.0748. The molecule has 2 aliphatic rings. The first-order valence-corrected chi connectivity index (χ1v) is 25.3. The molecule has 3 N–H and O–H groups in total. The molecule has 3 aromatic carbocycles. The van der Waals surface area contributed by atoms with E-state index in [1.165, 1.54) is 11.8 Å². The minimum Gasteiger partial charge on any atom is -0.493 e. The number of ether oxygens (including phenoxy) is 2. The van der Waals surface area contributed by atoms with Gasteiger partial charge in [0.1, 0.15) is 34.4 Å². The number of benzene rings is 3. The van der Waals surface area contributed by atoms with Gasteiger partial charge in [0.25, 0.3) is 0 Å². The molecule has 70 heavy (non-hydrogen) atoms. The number of aliphatic imine (C=N–C) groups is 1. The van der Waals surface area contributed by atoms with Crippen LogP contribution in [0.25, 0.3) is 15.4 Å². The molecule has 8 rings (SSSR count). The van der Waals surface area contributed by atoms with E-state index in [1.807, 2.05) is 117 Å². The van der Waals surface area contributed by atoms with Crippen molar-refractivity contribution >= 4 is 57.6 Å². The molecule has 5 heterocycles. The third-order valence-electron chi connectivity index (χ3n) is 12.7. The highest BCUT2D eigenvalue weighted by Gasteiger charge is 2.44. The molecule has 6 aromatic rings. The topological polar surface area (TPSA) is 190 Å². The zero-order chi connectivity index (χ0) is 49.9. The van der Waals surface area contributed by atoms with Gasteiger partial charge in [-0.25, -0.2) is 4.98 Å². The number of carbonyl (C=O) groups excluding carboxylic acids is 4. The van der Waals surface area contributed by atoms with Gasteiger partial charge in [0.2, 0.25) is 17.7 Å². The second-order valence-electron chi connectivity index (χ2n) is 19.0. The molecule has 0 spiro atoms. The fourth-order valence-electron chi connectivity index (χ4n) is 8.99. The van der Waals surface area contributed by atoms with E-state index in [0.29, 0.717) is 49.1 Å². The summed E-state index contributed by atoms with van der Waals surface area (Å²) < 4.78 is 14.7. The van der Waals surface area contributed by atoms with Crippen LogP contribution < -0.4 is 20.1 Å². The van der Waals surface area contributed by atoms with Crippen molar-refractivity contribution in [3.8, 4) is 26.9 Å². The Balaban J connectivity index is 0.937. The Labute approximate surface area is 416 Å². The molecule has 4 atom stereocenters. The molecule has 0 bridgehead atoms. The van der Waals surface area contributed by atoms with E-state index in [2.05, 4.69) is 39.7 Å². The van der Waals surface area contributed by atoms with Gasteiger partial charge in [-0.2, -0.15) is 0 Å². The summed E-state index contributed by atoms with van der Waals surface area (Å²) in [5.41, 5.74) is 8.37. The summed E-state index contributed by atoms with van der Waals surface area (Å²) in [6.07, 6.45) is 0.430. The number of thiophene rings is 1. The van der Waals surface area contributed by atoms with Gasteiger partial charge in [-0.15, -0.1) is 32.9 Å². The average Bonchev–Trinajstić information content (AvgIpc) is 4.09. The Bertz CT molecular complexity index is 2920. The van der Waals surface area contributed by atoms with E-state index < -0.39 is 29.6 Å². The van der Waals surface area contributed by atoms with Crippen LogP contribution in [0.4, 0.5) is 5.69 Å². The molecule has 1 fully saturated rings. The number of nitrogens with zero attached hydrogens (tertiary/aromatic N) is 6. The zero-order valence-electron chi connectivity index (χ0n) is 40.9. The number of likely N-dealkylation sites (tertiary alicyclic amines) is 1. The number of carbonyl (C=O) groups is 4. The van der Waals surface area contributed by atoms with Crippen LogP contribution >= 0.6 is 22.7 Å². The number of aromatic nitrogens is 4. The highest BCUT2D eigenvalue weighted by molar-refractivity contribution is 7.15. The summed E-state index contributed by atoms with van der Waals surface area (Å²) in [6.45, 7) is 15.8. The number of aryl methyl sites for hydroxylation is 4. The number of nitrogens with one attached hydrogen (secondary N) is 2. The molecule has 0 aliphatic carbocycles. The Kier molecular flexibility index (Phi) is 15.1. The molecule has 2 aliphatic heterocycles. The SMILES string of the molecule is CC(=O)N[C@H](C(=O)N1C[C@H](O)C[C@H]1C(=O)CCc1ccc(-c2scnc2C)cc1OCCCOc1ccc(C2=N[C@@H](CC(=O)Nc3ccccc3)c3nnc(C)n3-c3sc(C)c(C)c32)cc1)C(C)(C)C. The number of ketones is 1. The first kappa shape index (κ1) is 49.8. The predicted octanol–water partition coefficient (Wildman–Crippen LogP) is 8.47. The molecule has 1 saturated heterocycles. The van der Waals surface area contributed by atoms with Gasteiger partial charge in [0.05, 0.1) is 53.6 Å². The van der Waals surface area contributed by atoms with Crippen molar-refractivity contribution < 1.29 is 33.8 Å². The lowest BCUT2D eigenvalue weighted by molar-refractivity contribution is -0.143. The maximum atomic E-state index is 13.9. The van der Waals surface area contributed by atoms with E-state index in [1.54, 1.807) is 22.7 Å². The van der Waals surface area contributed by atoms with Crippen molar-refractivity contribution in [1.29, 1.82) is 0 Å². The van der Waals surface area contributed by atoms with Crippen LogP contribution in [-0.4, -0.2) is 96.9 Å². The number of anilines is 1. The minimum absolute atomic E-state index is 0.0261. The number of para-hydroxylation sites is 1. The van der Waals surface area contributed by atoms with E-state index in [-0.39, 0.29) is 49.3 Å². The van der Waals surface area contributed by atoms with E-state index in [0.717, 1.165) is 59.8 Å². The lowest BCUT2D eigenvalue weighted by Crippen LogP contribution is -2.56. The minimum atomic E-state index is -0.850. The largest absolute Gasteiger partial charge is 0.493 e. The molecule has 15 nitrogen and oxygen atoms in total. The summed E-state index contributed by atoms with van der Waals surface area (Å²) in [7, 11) is 0. The summed E-state index contributed by atoms with van der Waals surface area (Å²) in [6, 6.07) is 20.9. The third kappa shape index (κ3) is 11.1. The molecule has 17 heteroatoms. The highest BCUT2D eigenvalue weighted by Crippen LogP contribution is 2.40. The Morgan fingerprint density at radius 1 is 0.929 bits per heavy atom. The first-order chi connectivity index (χ1) is 33.5. The number of aliphatic hydroxyl groups is 1. The fourth-order valence-corrected chi connectivity index (χ4v) is 11.0. The van der Waals surface area contributed by atoms with E-state index >= 15 is 0 Å². The molecule has 3 aromatic heterocycles. The highest BCUT2D eigenvalue weighted by atomic mass is 32.1. The molecular weight excluding hydrogens is 925 g/mol. The Morgan fingerprint density at radius 3 is 2.36 bits per heavy atom. The number of hydrogen-bond acceptors (Lipinski definition) is 13. The number of amides is 3. The normalized spacial score (nSPS) is 17.0. The van der Waals surface area contributed by atoms with Crippen LogP contribution in [0.15, 0.2) is 83.3 Å². The number of hydrogen-bond donors (Lipinski definition) is 3. The predicted molar refractivity (Wildman–Crippen MR) is 272 cm³/mol. The van der Waals surface area contributed by atoms with Crippen LogP contribution in [0.3, 0.4) is 0 Å². The number of aliphatic hydroxyl groups excluding tert-OH is 1. The van der Waals surface area contributed by atoms with Crippen LogP contribution in [0.2, 0.25) is 0 Å². The first-order valence-electron chi connectivity index (χ1n) is 23.6. The summed E-state index contributed by atoms with van der Waals surface area (Å²) >= 11 is 3.21. The number of rotatable bonds is 17. The van der Waals surface area contributed by atoms with Gasteiger partial charge in [0, 0.05) is 54.4 Å². The lowest BCUT2D eigenvalue weighted by Gasteiger charge is -2.35. The summed E-state index contributed by atoms with van der Waals surface area (Å²) in [5, 5.41) is 26.3. The number of β-amino-alcohol motifs (C(OH)–C–C–N with tert-alkyl or cyclic N) is 1. The molecule has 0 unspecified atom stereocenters. The van der Waals surface area contributed by atoms with E-state index in [4.69, 9.17) is 14.5 Å². The summed E-state index contributed by atoms with van der Waals surface area (Å²) in [4.78, 5) is 66.5. The van der Waals surface area contributed by atoms with Crippen molar-refractivity contribution in [1.82, 2.24) is 30.0 Å². The third-order valence-corrected chi connectivity index (χ3v) is 14.9.